The van der Waals surface area contributed by atoms with E-state index in [2.05, 4.69) is 0 Å². The van der Waals surface area contributed by atoms with Crippen molar-refractivity contribution in [1.29, 1.82) is 0 Å². The number of sulfonamides is 1. The van der Waals surface area contributed by atoms with Gasteiger partial charge in [-0.2, -0.15) is 4.31 Å². The first-order valence-electron chi connectivity index (χ1n) is 9.80. The van der Waals surface area contributed by atoms with E-state index in [0.717, 1.165) is 47.1 Å². The number of amides is 1. The molecule has 1 aliphatic rings. The van der Waals surface area contributed by atoms with Crippen LogP contribution in [0.25, 0.3) is 0 Å². The molecule has 0 spiro atoms. The van der Waals surface area contributed by atoms with Gasteiger partial charge in [-0.05, 0) is 37.1 Å². The molecule has 2 aromatic rings. The molecule has 2 aromatic carbocycles. The summed E-state index contributed by atoms with van der Waals surface area (Å²) in [7, 11) is -4.16. The average Bonchev–Trinajstić information content (AvgIpc) is 2.79. The summed E-state index contributed by atoms with van der Waals surface area (Å²) >= 11 is 0. The molecule has 0 radical (unpaired) electrons. The number of halogens is 2. The maximum atomic E-state index is 14.3. The molecule has 1 fully saturated rings. The molecule has 3 rings (SSSR count). The van der Waals surface area contributed by atoms with Crippen molar-refractivity contribution in [2.24, 2.45) is 0 Å². The number of nitro groups is 1. The number of anilines is 1. The second-order valence-electron chi connectivity index (χ2n) is 7.16. The number of nitrogens with zero attached hydrogens (tertiary/aromatic N) is 2. The van der Waals surface area contributed by atoms with Crippen molar-refractivity contribution in [3.05, 3.63) is 63.7 Å². The Morgan fingerprint density at radius 2 is 1.73 bits per heavy atom. The van der Waals surface area contributed by atoms with Gasteiger partial charge in [-0.3, -0.25) is 14.9 Å². The summed E-state index contributed by atoms with van der Waals surface area (Å²) in [5.41, 5.74) is -1.25. The van der Waals surface area contributed by atoms with Gasteiger partial charge in [0.2, 0.25) is 10.0 Å². The van der Waals surface area contributed by atoms with Gasteiger partial charge in [-0.25, -0.2) is 22.0 Å². The Balaban J connectivity index is 1.68. The highest BCUT2D eigenvalue weighted by Crippen LogP contribution is 2.24. The van der Waals surface area contributed by atoms with Gasteiger partial charge in [0.25, 0.3) is 11.6 Å². The topological polar surface area (TPSA) is 136 Å². The standard InChI is InChI=1S/C20H19F2N3O7S/c21-15-7-5-14(25(28)29)11-17(15)23-19(26)12-32-20(27)13-4-6-16(22)18(10-13)33(30,31)24-8-2-1-3-9-24/h4-7,10-11H,1-3,8-9,12H2,(H,23,26). The number of nitrogens with one attached hydrogen (secondary N) is 1. The molecule has 0 bridgehead atoms. The largest absolute Gasteiger partial charge is 0.452 e. The van der Waals surface area contributed by atoms with Crippen molar-refractivity contribution in [3.8, 4) is 0 Å². The quantitative estimate of drug-likeness (QED) is 0.363. The number of benzene rings is 2. The van der Waals surface area contributed by atoms with Crippen molar-refractivity contribution in [2.45, 2.75) is 24.2 Å². The molecule has 1 N–H and O–H groups in total. The Labute approximate surface area is 187 Å². The second-order valence-corrected chi connectivity index (χ2v) is 9.06. The first-order chi connectivity index (χ1) is 15.6. The fourth-order valence-electron chi connectivity index (χ4n) is 3.20. The van der Waals surface area contributed by atoms with E-state index in [4.69, 9.17) is 4.74 Å². The number of carbonyl (C=O) groups excluding carboxylic acids is 2. The molecule has 176 valence electrons. The van der Waals surface area contributed by atoms with Crippen molar-refractivity contribution in [3.63, 3.8) is 0 Å². The maximum Gasteiger partial charge on any atom is 0.338 e. The highest BCUT2D eigenvalue weighted by molar-refractivity contribution is 7.89. The van der Waals surface area contributed by atoms with E-state index in [1.54, 1.807) is 0 Å². The predicted molar refractivity (Wildman–Crippen MR) is 111 cm³/mol. The highest BCUT2D eigenvalue weighted by Gasteiger charge is 2.29. The van der Waals surface area contributed by atoms with Crippen LogP contribution in [-0.2, 0) is 19.6 Å². The van der Waals surface area contributed by atoms with Gasteiger partial charge in [0.05, 0.1) is 16.2 Å². The van der Waals surface area contributed by atoms with Crippen LogP contribution in [0.15, 0.2) is 41.3 Å². The van der Waals surface area contributed by atoms with Crippen molar-refractivity contribution in [1.82, 2.24) is 4.31 Å². The summed E-state index contributed by atoms with van der Waals surface area (Å²) in [6.07, 6.45) is 2.15. The van der Waals surface area contributed by atoms with Crippen molar-refractivity contribution >= 4 is 33.3 Å². The van der Waals surface area contributed by atoms with Gasteiger partial charge in [0.1, 0.15) is 16.5 Å². The molecule has 1 saturated heterocycles. The number of hydrogen-bond donors (Lipinski definition) is 1. The number of piperidine rings is 1. The molecule has 0 atom stereocenters. The zero-order valence-corrected chi connectivity index (χ0v) is 17.9. The van der Waals surface area contributed by atoms with Gasteiger partial charge >= 0.3 is 5.97 Å². The Kier molecular flexibility index (Phi) is 7.33. The highest BCUT2D eigenvalue weighted by atomic mass is 32.2. The molecular weight excluding hydrogens is 464 g/mol. The van der Waals surface area contributed by atoms with Gasteiger partial charge in [0.15, 0.2) is 6.61 Å². The predicted octanol–water partition coefficient (Wildman–Crippen LogP) is 2.84. The number of nitro benzene ring substituents is 1. The molecule has 1 heterocycles. The molecule has 13 heteroatoms. The molecule has 1 aliphatic heterocycles. The van der Waals surface area contributed by atoms with E-state index in [1.165, 1.54) is 0 Å². The van der Waals surface area contributed by atoms with Crippen LogP contribution in [-0.4, -0.2) is 49.2 Å². The molecule has 0 saturated carbocycles. The smallest absolute Gasteiger partial charge is 0.338 e. The van der Waals surface area contributed by atoms with Crippen LogP contribution >= 0.6 is 0 Å². The van der Waals surface area contributed by atoms with E-state index < -0.39 is 61.3 Å². The van der Waals surface area contributed by atoms with E-state index in [1.807, 2.05) is 5.32 Å². The minimum Gasteiger partial charge on any atom is -0.452 e. The lowest BCUT2D eigenvalue weighted by Gasteiger charge is -2.26. The van der Waals surface area contributed by atoms with Gasteiger partial charge in [-0.1, -0.05) is 6.42 Å². The number of hydrogen-bond acceptors (Lipinski definition) is 7. The van der Waals surface area contributed by atoms with Crippen LogP contribution in [0.5, 0.6) is 0 Å². The Hall–Kier alpha value is -3.45. The molecule has 1 amide bonds. The maximum absolute atomic E-state index is 14.3. The fourth-order valence-corrected chi connectivity index (χ4v) is 4.80. The normalized spacial score (nSPS) is 14.5. The molecule has 0 unspecified atom stereocenters. The summed E-state index contributed by atoms with van der Waals surface area (Å²) < 4.78 is 59.5. The molecule has 33 heavy (non-hydrogen) atoms. The van der Waals surface area contributed by atoms with Crippen molar-refractivity contribution < 1.29 is 36.4 Å². The molecular formula is C20H19F2N3O7S. The Morgan fingerprint density at radius 3 is 2.39 bits per heavy atom. The van der Waals surface area contributed by atoms with E-state index in [-0.39, 0.29) is 18.7 Å². The first kappa shape index (κ1) is 24.2. The number of ether oxygens (including phenoxy) is 1. The van der Waals surface area contributed by atoms with E-state index in [0.29, 0.717) is 12.8 Å². The summed E-state index contributed by atoms with van der Waals surface area (Å²) in [6.45, 7) is -0.414. The van der Waals surface area contributed by atoms with Crippen LogP contribution in [0.2, 0.25) is 0 Å². The molecule has 10 nitrogen and oxygen atoms in total. The van der Waals surface area contributed by atoms with Crippen LogP contribution in [0, 0.1) is 21.7 Å². The van der Waals surface area contributed by atoms with Crippen molar-refractivity contribution in [2.75, 3.05) is 25.0 Å². The lowest BCUT2D eigenvalue weighted by molar-refractivity contribution is -0.384. The summed E-state index contributed by atoms with van der Waals surface area (Å²) in [5, 5.41) is 12.8. The number of esters is 1. The van der Waals surface area contributed by atoms with Crippen LogP contribution in [0.4, 0.5) is 20.2 Å². The van der Waals surface area contributed by atoms with Gasteiger partial charge in [0, 0.05) is 25.2 Å². The number of rotatable bonds is 7. The fraction of sp³-hybridized carbons (Fsp3) is 0.300. The van der Waals surface area contributed by atoms with E-state index in [9.17, 15) is 36.9 Å². The van der Waals surface area contributed by atoms with Crippen LogP contribution in [0.3, 0.4) is 0 Å². The SMILES string of the molecule is O=C(COC(=O)c1ccc(F)c(S(=O)(=O)N2CCCCC2)c1)Nc1cc([N+](=O)[O-])ccc1F. The summed E-state index contributed by atoms with van der Waals surface area (Å²) in [5.74, 6) is -4.08. The summed E-state index contributed by atoms with van der Waals surface area (Å²) in [4.78, 5) is 33.6. The third-order valence-corrected chi connectivity index (χ3v) is 6.78. The zero-order valence-electron chi connectivity index (χ0n) is 17.1. The zero-order chi connectivity index (χ0) is 24.2. The third-order valence-electron chi connectivity index (χ3n) is 4.87. The number of carbonyl (C=O) groups is 2. The minimum atomic E-state index is -4.16. The lowest BCUT2D eigenvalue weighted by atomic mass is 10.2. The Morgan fingerprint density at radius 1 is 1.06 bits per heavy atom. The third kappa shape index (κ3) is 5.68. The second kappa shape index (κ2) is 10.0. The summed E-state index contributed by atoms with van der Waals surface area (Å²) in [6, 6.07) is 5.15. The first-order valence-corrected chi connectivity index (χ1v) is 11.2. The Bertz CT molecular complexity index is 1200. The molecule has 0 aromatic heterocycles. The lowest BCUT2D eigenvalue weighted by Crippen LogP contribution is -2.36. The van der Waals surface area contributed by atoms with Gasteiger partial charge in [-0.15, -0.1) is 0 Å². The van der Waals surface area contributed by atoms with Crippen LogP contribution < -0.4 is 5.32 Å². The average molecular weight is 483 g/mol. The van der Waals surface area contributed by atoms with E-state index >= 15 is 0 Å². The minimum absolute atomic E-state index is 0.241. The monoisotopic (exact) mass is 483 g/mol. The molecule has 0 aliphatic carbocycles. The van der Waals surface area contributed by atoms with Crippen LogP contribution in [0.1, 0.15) is 29.6 Å². The number of non-ortho nitro benzene ring substituents is 1. The van der Waals surface area contributed by atoms with Gasteiger partial charge < -0.3 is 10.1 Å².